The number of carbonyl (C=O) groups is 1. The van der Waals surface area contributed by atoms with E-state index < -0.39 is 0 Å². The highest BCUT2D eigenvalue weighted by molar-refractivity contribution is 7.71. The van der Waals surface area contributed by atoms with E-state index in [1.807, 2.05) is 48.0 Å². The SMILES string of the molecule is Cc1cccn2cc(COc3ccccc3C(=O)NCCc3n[nH]c(=S)n3C3CC3)nc12. The number of hydrogen-bond donors (Lipinski definition) is 2. The van der Waals surface area contributed by atoms with E-state index in [2.05, 4.69) is 25.1 Å². The minimum Gasteiger partial charge on any atom is -0.486 e. The Kier molecular flexibility index (Phi) is 5.48. The number of nitrogens with zero attached hydrogens (tertiary/aromatic N) is 4. The first-order valence-corrected chi connectivity index (χ1v) is 11.1. The van der Waals surface area contributed by atoms with Crippen LogP contribution in [0.5, 0.6) is 5.75 Å². The van der Waals surface area contributed by atoms with Gasteiger partial charge >= 0.3 is 0 Å². The Labute approximate surface area is 190 Å². The molecular weight excluding hydrogens is 424 g/mol. The molecule has 4 aromatic rings. The van der Waals surface area contributed by atoms with Crippen molar-refractivity contribution in [1.82, 2.24) is 29.5 Å². The molecule has 0 bridgehead atoms. The molecule has 3 aromatic heterocycles. The topological polar surface area (TPSA) is 89.2 Å². The molecule has 1 aliphatic rings. The number of fused-ring (bicyclic) bond motifs is 1. The van der Waals surface area contributed by atoms with E-state index >= 15 is 0 Å². The van der Waals surface area contributed by atoms with Crippen LogP contribution in [0, 0.1) is 11.7 Å². The van der Waals surface area contributed by atoms with Crippen molar-refractivity contribution in [2.24, 2.45) is 0 Å². The second-order valence-corrected chi connectivity index (χ2v) is 8.38. The van der Waals surface area contributed by atoms with Crippen LogP contribution in [0.15, 0.2) is 48.8 Å². The lowest BCUT2D eigenvalue weighted by Gasteiger charge is -2.11. The fraction of sp³-hybridized carbons (Fsp3) is 0.304. The van der Waals surface area contributed by atoms with Crippen LogP contribution in [0.1, 0.15) is 46.3 Å². The number of ether oxygens (including phenoxy) is 1. The van der Waals surface area contributed by atoms with Crippen LogP contribution in [0.3, 0.4) is 0 Å². The number of H-pyrrole nitrogens is 1. The maximum absolute atomic E-state index is 12.8. The first-order valence-electron chi connectivity index (χ1n) is 10.7. The summed E-state index contributed by atoms with van der Waals surface area (Å²) in [6.07, 6.45) is 6.77. The molecule has 0 spiro atoms. The van der Waals surface area contributed by atoms with Gasteiger partial charge in [-0.1, -0.05) is 18.2 Å². The van der Waals surface area contributed by atoms with E-state index in [4.69, 9.17) is 17.0 Å². The highest BCUT2D eigenvalue weighted by Gasteiger charge is 2.27. The van der Waals surface area contributed by atoms with Crippen LogP contribution in [0.25, 0.3) is 5.65 Å². The summed E-state index contributed by atoms with van der Waals surface area (Å²) >= 11 is 5.32. The molecule has 32 heavy (non-hydrogen) atoms. The largest absolute Gasteiger partial charge is 0.486 e. The molecule has 3 heterocycles. The van der Waals surface area contributed by atoms with Crippen molar-refractivity contribution in [3.8, 4) is 5.75 Å². The van der Waals surface area contributed by atoms with Gasteiger partial charge in [0.15, 0.2) is 4.77 Å². The quantitative estimate of drug-likeness (QED) is 0.401. The highest BCUT2D eigenvalue weighted by atomic mass is 32.1. The number of nitrogens with one attached hydrogen (secondary N) is 2. The molecule has 1 aliphatic carbocycles. The number of hydrogen-bond acceptors (Lipinski definition) is 5. The van der Waals surface area contributed by atoms with Gasteiger partial charge < -0.3 is 19.0 Å². The van der Waals surface area contributed by atoms with Gasteiger partial charge in [0.05, 0.1) is 11.3 Å². The number of aryl methyl sites for hydroxylation is 1. The summed E-state index contributed by atoms with van der Waals surface area (Å²) in [6.45, 7) is 2.77. The van der Waals surface area contributed by atoms with Gasteiger partial charge in [0.2, 0.25) is 0 Å². The number of pyridine rings is 1. The molecule has 1 amide bonds. The number of aromatic nitrogens is 5. The van der Waals surface area contributed by atoms with Gasteiger partial charge in [-0.2, -0.15) is 5.10 Å². The molecule has 0 unspecified atom stereocenters. The molecule has 9 heteroatoms. The number of amides is 1. The van der Waals surface area contributed by atoms with Crippen molar-refractivity contribution in [3.63, 3.8) is 0 Å². The van der Waals surface area contributed by atoms with E-state index in [0.717, 1.165) is 35.6 Å². The van der Waals surface area contributed by atoms with Crippen molar-refractivity contribution >= 4 is 23.8 Å². The monoisotopic (exact) mass is 448 g/mol. The molecule has 164 valence electrons. The van der Waals surface area contributed by atoms with Crippen molar-refractivity contribution in [3.05, 3.63) is 76.2 Å². The molecule has 0 atom stereocenters. The first kappa shape index (κ1) is 20.4. The Hall–Kier alpha value is -3.46. The fourth-order valence-electron chi connectivity index (χ4n) is 3.81. The second-order valence-electron chi connectivity index (χ2n) is 7.99. The average Bonchev–Trinajstić information content (AvgIpc) is 3.42. The molecule has 1 saturated carbocycles. The van der Waals surface area contributed by atoms with Gasteiger partial charge in [-0.05, 0) is 55.7 Å². The zero-order valence-corrected chi connectivity index (χ0v) is 18.6. The number of imidazole rings is 1. The number of para-hydroxylation sites is 1. The van der Waals surface area contributed by atoms with E-state index in [0.29, 0.717) is 35.1 Å². The van der Waals surface area contributed by atoms with Gasteiger partial charge in [0.1, 0.15) is 23.8 Å². The number of aromatic amines is 1. The maximum Gasteiger partial charge on any atom is 0.255 e. The van der Waals surface area contributed by atoms with Gasteiger partial charge in [-0.25, -0.2) is 4.98 Å². The van der Waals surface area contributed by atoms with Crippen molar-refractivity contribution in [2.45, 2.75) is 38.8 Å². The molecule has 2 N–H and O–H groups in total. The lowest BCUT2D eigenvalue weighted by Crippen LogP contribution is -2.27. The van der Waals surface area contributed by atoms with E-state index in [1.165, 1.54) is 0 Å². The summed E-state index contributed by atoms with van der Waals surface area (Å²) in [5, 5.41) is 10.1. The molecule has 0 aliphatic heterocycles. The van der Waals surface area contributed by atoms with Gasteiger partial charge in [0.25, 0.3) is 5.91 Å². The first-order chi connectivity index (χ1) is 15.6. The molecule has 1 aromatic carbocycles. The van der Waals surface area contributed by atoms with Crippen LogP contribution < -0.4 is 10.1 Å². The second kappa shape index (κ2) is 8.58. The third-order valence-corrected chi connectivity index (χ3v) is 5.85. The highest BCUT2D eigenvalue weighted by Crippen LogP contribution is 2.35. The number of rotatable bonds is 8. The molecule has 8 nitrogen and oxygen atoms in total. The van der Waals surface area contributed by atoms with Crippen LogP contribution in [0.2, 0.25) is 0 Å². The third kappa shape index (κ3) is 4.16. The Bertz CT molecular complexity index is 1330. The minimum atomic E-state index is -0.182. The molecule has 0 radical (unpaired) electrons. The van der Waals surface area contributed by atoms with Crippen LogP contribution in [-0.4, -0.2) is 36.6 Å². The maximum atomic E-state index is 12.8. The zero-order valence-electron chi connectivity index (χ0n) is 17.7. The van der Waals surface area contributed by atoms with E-state index in [1.54, 1.807) is 12.1 Å². The third-order valence-electron chi connectivity index (χ3n) is 5.56. The Morgan fingerprint density at radius 3 is 2.94 bits per heavy atom. The summed E-state index contributed by atoms with van der Waals surface area (Å²) in [5.41, 5.74) is 3.30. The minimum absolute atomic E-state index is 0.182. The summed E-state index contributed by atoms with van der Waals surface area (Å²) in [4.78, 5) is 17.5. The average molecular weight is 449 g/mol. The number of benzene rings is 1. The van der Waals surface area contributed by atoms with E-state index in [9.17, 15) is 4.79 Å². The predicted molar refractivity (Wildman–Crippen MR) is 122 cm³/mol. The summed E-state index contributed by atoms with van der Waals surface area (Å²) in [7, 11) is 0. The summed E-state index contributed by atoms with van der Waals surface area (Å²) in [5.74, 6) is 1.22. The Morgan fingerprint density at radius 1 is 1.28 bits per heavy atom. The van der Waals surface area contributed by atoms with Crippen molar-refractivity contribution in [1.29, 1.82) is 0 Å². The molecule has 0 saturated heterocycles. The van der Waals surface area contributed by atoms with Crippen LogP contribution in [0.4, 0.5) is 0 Å². The summed E-state index contributed by atoms with van der Waals surface area (Å²) in [6, 6.07) is 11.7. The van der Waals surface area contributed by atoms with Crippen LogP contribution in [-0.2, 0) is 13.0 Å². The lowest BCUT2D eigenvalue weighted by molar-refractivity contribution is 0.0949. The zero-order chi connectivity index (χ0) is 22.1. The molecule has 1 fully saturated rings. The van der Waals surface area contributed by atoms with Crippen LogP contribution >= 0.6 is 12.2 Å². The Balaban J connectivity index is 1.23. The van der Waals surface area contributed by atoms with Gasteiger partial charge in [-0.3, -0.25) is 9.89 Å². The lowest BCUT2D eigenvalue weighted by atomic mass is 10.2. The molecule has 5 rings (SSSR count). The van der Waals surface area contributed by atoms with Crippen molar-refractivity contribution < 1.29 is 9.53 Å². The van der Waals surface area contributed by atoms with E-state index in [-0.39, 0.29) is 12.5 Å². The number of carbonyl (C=O) groups excluding carboxylic acids is 1. The standard InChI is InChI=1S/C23H24N6O2S/c1-15-5-4-12-28-13-16(25-21(15)28)14-31-19-7-3-2-6-18(19)22(30)24-11-10-20-26-27-23(32)29(20)17-8-9-17/h2-7,12-13,17H,8-11,14H2,1H3,(H,24,30)(H,27,32). The normalized spacial score (nSPS) is 13.4. The summed E-state index contributed by atoms with van der Waals surface area (Å²) < 4.78 is 10.7. The van der Waals surface area contributed by atoms with Crippen molar-refractivity contribution in [2.75, 3.05) is 6.54 Å². The molecular formula is C23H24N6O2S. The van der Waals surface area contributed by atoms with Gasteiger partial charge in [0, 0.05) is 31.4 Å². The predicted octanol–water partition coefficient (Wildman–Crippen LogP) is 3.78. The van der Waals surface area contributed by atoms with Gasteiger partial charge in [-0.15, -0.1) is 0 Å². The smallest absolute Gasteiger partial charge is 0.255 e. The Morgan fingerprint density at radius 2 is 2.12 bits per heavy atom. The fourth-order valence-corrected chi connectivity index (χ4v) is 4.11.